The van der Waals surface area contributed by atoms with E-state index in [1.54, 1.807) is 7.05 Å². The van der Waals surface area contributed by atoms with Gasteiger partial charge in [-0.3, -0.25) is 4.79 Å². The van der Waals surface area contributed by atoms with Crippen molar-refractivity contribution in [3.8, 4) is 0 Å². The topological polar surface area (TPSA) is 53.2 Å². The SMILES string of the molecule is CC(=O)N(C)[C@H](C=O)Cc1c[nH]c2ccccc12. The van der Waals surface area contributed by atoms with E-state index < -0.39 is 6.04 Å². The highest BCUT2D eigenvalue weighted by Gasteiger charge is 2.18. The molecule has 2 aromatic rings. The fraction of sp³-hybridized carbons (Fsp3) is 0.286. The third kappa shape index (κ3) is 2.27. The van der Waals surface area contributed by atoms with Gasteiger partial charge >= 0.3 is 0 Å². The number of para-hydroxylation sites is 1. The van der Waals surface area contributed by atoms with Gasteiger partial charge in [0.05, 0.1) is 6.04 Å². The van der Waals surface area contributed by atoms with Gasteiger partial charge < -0.3 is 14.7 Å². The molecule has 0 fully saturated rings. The molecule has 1 N–H and O–H groups in total. The quantitative estimate of drug-likeness (QED) is 0.833. The lowest BCUT2D eigenvalue weighted by Crippen LogP contribution is -2.38. The molecule has 0 saturated carbocycles. The average Bonchev–Trinajstić information content (AvgIpc) is 2.78. The molecular weight excluding hydrogens is 228 g/mol. The smallest absolute Gasteiger partial charge is 0.219 e. The summed E-state index contributed by atoms with van der Waals surface area (Å²) in [6, 6.07) is 7.51. The number of fused-ring (bicyclic) bond motifs is 1. The molecule has 1 heterocycles. The van der Waals surface area contributed by atoms with E-state index in [-0.39, 0.29) is 5.91 Å². The van der Waals surface area contributed by atoms with E-state index in [1.165, 1.54) is 11.8 Å². The maximum atomic E-state index is 11.3. The average molecular weight is 244 g/mol. The highest BCUT2D eigenvalue weighted by atomic mass is 16.2. The number of H-pyrrole nitrogens is 1. The van der Waals surface area contributed by atoms with Gasteiger partial charge in [0.2, 0.25) is 5.91 Å². The van der Waals surface area contributed by atoms with Crippen LogP contribution in [0, 0.1) is 0 Å². The minimum absolute atomic E-state index is 0.105. The summed E-state index contributed by atoms with van der Waals surface area (Å²) in [5.41, 5.74) is 2.10. The molecule has 1 amide bonds. The Morgan fingerprint density at radius 2 is 2.17 bits per heavy atom. The molecule has 4 nitrogen and oxygen atoms in total. The van der Waals surface area contributed by atoms with E-state index >= 15 is 0 Å². The summed E-state index contributed by atoms with van der Waals surface area (Å²) in [5.74, 6) is -0.105. The van der Waals surface area contributed by atoms with Crippen molar-refractivity contribution in [3.05, 3.63) is 36.0 Å². The molecule has 1 aromatic carbocycles. The molecule has 0 aliphatic rings. The van der Waals surface area contributed by atoms with Crippen LogP contribution in [0.1, 0.15) is 12.5 Å². The van der Waals surface area contributed by atoms with Gasteiger partial charge in [-0.15, -0.1) is 0 Å². The van der Waals surface area contributed by atoms with Gasteiger partial charge in [-0.2, -0.15) is 0 Å². The Kier molecular flexibility index (Phi) is 3.46. The number of carbonyl (C=O) groups is 2. The van der Waals surface area contributed by atoms with Gasteiger partial charge in [-0.1, -0.05) is 18.2 Å². The number of carbonyl (C=O) groups excluding carboxylic acids is 2. The Bertz CT molecular complexity index is 574. The van der Waals surface area contributed by atoms with Crippen molar-refractivity contribution in [1.82, 2.24) is 9.88 Å². The Balaban J connectivity index is 2.27. The Hall–Kier alpha value is -2.10. The third-order valence-corrected chi connectivity index (χ3v) is 3.26. The number of aldehydes is 1. The van der Waals surface area contributed by atoms with Gasteiger partial charge in [0.1, 0.15) is 6.29 Å². The zero-order chi connectivity index (χ0) is 13.1. The summed E-state index contributed by atoms with van der Waals surface area (Å²) in [6.07, 6.45) is 3.25. The molecule has 0 bridgehead atoms. The summed E-state index contributed by atoms with van der Waals surface area (Å²) >= 11 is 0. The van der Waals surface area contributed by atoms with Crippen LogP contribution in [0.3, 0.4) is 0 Å². The maximum Gasteiger partial charge on any atom is 0.219 e. The Labute approximate surface area is 106 Å². The number of amides is 1. The summed E-state index contributed by atoms with van der Waals surface area (Å²) in [7, 11) is 1.65. The van der Waals surface area contributed by atoms with Crippen LogP contribution in [-0.2, 0) is 16.0 Å². The summed E-state index contributed by atoms with van der Waals surface area (Å²) in [4.78, 5) is 27.0. The molecule has 4 heteroatoms. The monoisotopic (exact) mass is 244 g/mol. The summed E-state index contributed by atoms with van der Waals surface area (Å²) in [6.45, 7) is 1.46. The number of likely N-dealkylation sites (N-methyl/N-ethyl adjacent to an activating group) is 1. The molecule has 1 atom stereocenters. The van der Waals surface area contributed by atoms with Crippen molar-refractivity contribution in [2.75, 3.05) is 7.05 Å². The van der Waals surface area contributed by atoms with Crippen LogP contribution >= 0.6 is 0 Å². The Morgan fingerprint density at radius 1 is 1.44 bits per heavy atom. The second-order valence-electron chi connectivity index (χ2n) is 4.40. The second kappa shape index (κ2) is 5.04. The van der Waals surface area contributed by atoms with E-state index in [9.17, 15) is 9.59 Å². The molecule has 2 rings (SSSR count). The number of hydrogen-bond donors (Lipinski definition) is 1. The number of aromatic nitrogens is 1. The first-order chi connectivity index (χ1) is 8.63. The number of benzene rings is 1. The number of rotatable bonds is 4. The molecule has 0 aliphatic heterocycles. The van der Waals surface area contributed by atoms with Gasteiger partial charge in [0.25, 0.3) is 0 Å². The largest absolute Gasteiger partial charge is 0.361 e. The highest BCUT2D eigenvalue weighted by Crippen LogP contribution is 2.19. The van der Waals surface area contributed by atoms with E-state index in [0.29, 0.717) is 6.42 Å². The second-order valence-corrected chi connectivity index (χ2v) is 4.40. The van der Waals surface area contributed by atoms with Crippen LogP contribution in [0.4, 0.5) is 0 Å². The molecular formula is C14H16N2O2. The van der Waals surface area contributed by atoms with E-state index in [4.69, 9.17) is 0 Å². The van der Waals surface area contributed by atoms with Crippen LogP contribution < -0.4 is 0 Å². The molecule has 0 aliphatic carbocycles. The van der Waals surface area contributed by atoms with Crippen LogP contribution in [0.15, 0.2) is 30.5 Å². The first-order valence-electron chi connectivity index (χ1n) is 5.87. The summed E-state index contributed by atoms with van der Waals surface area (Å²) in [5, 5.41) is 1.10. The van der Waals surface area contributed by atoms with Crippen LogP contribution in [0.5, 0.6) is 0 Å². The number of nitrogens with one attached hydrogen (secondary N) is 1. The fourth-order valence-corrected chi connectivity index (χ4v) is 2.04. The van der Waals surface area contributed by atoms with Gasteiger partial charge in [-0.05, 0) is 11.6 Å². The van der Waals surface area contributed by atoms with Gasteiger partial charge in [-0.25, -0.2) is 0 Å². The van der Waals surface area contributed by atoms with E-state index in [1.807, 2.05) is 30.5 Å². The predicted octanol–water partition coefficient (Wildman–Crippen LogP) is 1.76. The lowest BCUT2D eigenvalue weighted by atomic mass is 10.0. The first kappa shape index (κ1) is 12.4. The Morgan fingerprint density at radius 3 is 2.83 bits per heavy atom. The molecule has 1 aromatic heterocycles. The lowest BCUT2D eigenvalue weighted by Gasteiger charge is -2.21. The van der Waals surface area contributed by atoms with Crippen molar-refractivity contribution in [3.63, 3.8) is 0 Å². The molecule has 0 radical (unpaired) electrons. The van der Waals surface area contributed by atoms with Crippen LogP contribution in [-0.4, -0.2) is 35.2 Å². The third-order valence-electron chi connectivity index (χ3n) is 3.26. The van der Waals surface area contributed by atoms with Crippen molar-refractivity contribution in [1.29, 1.82) is 0 Å². The van der Waals surface area contributed by atoms with Crippen molar-refractivity contribution in [2.24, 2.45) is 0 Å². The number of aromatic amines is 1. The van der Waals surface area contributed by atoms with Crippen LogP contribution in [0.25, 0.3) is 10.9 Å². The van der Waals surface area contributed by atoms with Crippen molar-refractivity contribution >= 4 is 23.1 Å². The van der Waals surface area contributed by atoms with E-state index in [0.717, 1.165) is 22.8 Å². The minimum Gasteiger partial charge on any atom is -0.361 e. The van der Waals surface area contributed by atoms with E-state index in [2.05, 4.69) is 4.98 Å². The maximum absolute atomic E-state index is 11.3. The predicted molar refractivity (Wildman–Crippen MR) is 70.3 cm³/mol. The minimum atomic E-state index is -0.415. The first-order valence-corrected chi connectivity index (χ1v) is 5.87. The summed E-state index contributed by atoms with van der Waals surface area (Å²) < 4.78 is 0. The van der Waals surface area contributed by atoms with Crippen molar-refractivity contribution in [2.45, 2.75) is 19.4 Å². The standard InChI is InChI=1S/C14H16N2O2/c1-10(18)16(2)12(9-17)7-11-8-15-14-6-4-3-5-13(11)14/h3-6,8-9,12,15H,7H2,1-2H3/t12-/m0/s1. The zero-order valence-corrected chi connectivity index (χ0v) is 10.5. The fourth-order valence-electron chi connectivity index (χ4n) is 2.04. The number of hydrogen-bond acceptors (Lipinski definition) is 2. The molecule has 0 unspecified atom stereocenters. The van der Waals surface area contributed by atoms with Crippen molar-refractivity contribution < 1.29 is 9.59 Å². The van der Waals surface area contributed by atoms with Gasteiger partial charge in [0.15, 0.2) is 0 Å². The molecule has 94 valence electrons. The number of nitrogens with zero attached hydrogens (tertiary/aromatic N) is 1. The molecule has 0 spiro atoms. The normalized spacial score (nSPS) is 12.3. The zero-order valence-electron chi connectivity index (χ0n) is 10.5. The lowest BCUT2D eigenvalue weighted by molar-refractivity contribution is -0.132. The van der Waals surface area contributed by atoms with Gasteiger partial charge in [0, 0.05) is 37.5 Å². The highest BCUT2D eigenvalue weighted by molar-refractivity contribution is 5.84. The van der Waals surface area contributed by atoms with Crippen LogP contribution in [0.2, 0.25) is 0 Å². The molecule has 18 heavy (non-hydrogen) atoms. The molecule has 0 saturated heterocycles.